The molecule has 3 aromatic rings. The third-order valence-electron chi connectivity index (χ3n) is 5.62. The smallest absolute Gasteiger partial charge is 0.300 e. The van der Waals surface area contributed by atoms with Gasteiger partial charge in [-0.2, -0.15) is 0 Å². The molecule has 1 heterocycles. The van der Waals surface area contributed by atoms with E-state index in [1.807, 2.05) is 39.0 Å². The van der Waals surface area contributed by atoms with Gasteiger partial charge in [0.1, 0.15) is 17.3 Å². The molecule has 6 heteroatoms. The Morgan fingerprint density at radius 1 is 1.00 bits per heavy atom. The van der Waals surface area contributed by atoms with Gasteiger partial charge in [0, 0.05) is 11.3 Å². The highest BCUT2D eigenvalue weighted by Crippen LogP contribution is 2.42. The molecule has 0 saturated carbocycles. The topological polar surface area (TPSA) is 87.1 Å². The van der Waals surface area contributed by atoms with Gasteiger partial charge in [0.05, 0.1) is 18.2 Å². The highest BCUT2D eigenvalue weighted by Gasteiger charge is 2.47. The Kier molecular flexibility index (Phi) is 6.41. The van der Waals surface area contributed by atoms with E-state index in [4.69, 9.17) is 4.74 Å². The molecule has 174 valence electrons. The Morgan fingerprint density at radius 3 is 2.38 bits per heavy atom. The van der Waals surface area contributed by atoms with E-state index in [1.54, 1.807) is 42.5 Å². The van der Waals surface area contributed by atoms with Crippen molar-refractivity contribution < 1.29 is 24.5 Å². The molecule has 0 aromatic heterocycles. The number of ketones is 1. The average molecular weight is 458 g/mol. The number of aryl methyl sites for hydroxylation is 1. The van der Waals surface area contributed by atoms with Crippen molar-refractivity contribution in [1.82, 2.24) is 0 Å². The van der Waals surface area contributed by atoms with Crippen molar-refractivity contribution in [3.8, 4) is 11.5 Å². The Hall–Kier alpha value is -4.06. The van der Waals surface area contributed by atoms with E-state index in [-0.39, 0.29) is 17.1 Å². The molecule has 6 nitrogen and oxygen atoms in total. The molecule has 1 atom stereocenters. The standard InChI is InChI=1S/C28H27NO5/c1-17(2)16-34-23-9-5-7-20(15-23)26(31)24-25(19-10-12-22(30)13-11-19)29(28(33)27(24)32)21-8-4-6-18(3)14-21/h4-15,17,25,30-31H,16H2,1-3H3/b26-24+. The Bertz CT molecular complexity index is 1260. The van der Waals surface area contributed by atoms with Crippen molar-refractivity contribution >= 4 is 23.1 Å². The summed E-state index contributed by atoms with van der Waals surface area (Å²) in [6.45, 7) is 6.48. The van der Waals surface area contributed by atoms with Crippen LogP contribution in [0.25, 0.3) is 5.76 Å². The number of aliphatic hydroxyl groups excluding tert-OH is 1. The molecule has 0 aliphatic carbocycles. The van der Waals surface area contributed by atoms with Crippen LogP contribution >= 0.6 is 0 Å². The van der Waals surface area contributed by atoms with Gasteiger partial charge >= 0.3 is 0 Å². The summed E-state index contributed by atoms with van der Waals surface area (Å²) in [5.74, 6) is -0.825. The number of ether oxygens (including phenoxy) is 1. The second-order valence-electron chi connectivity index (χ2n) is 8.83. The molecule has 1 saturated heterocycles. The van der Waals surface area contributed by atoms with Crippen LogP contribution in [0.3, 0.4) is 0 Å². The summed E-state index contributed by atoms with van der Waals surface area (Å²) in [7, 11) is 0. The fourth-order valence-electron chi connectivity index (χ4n) is 4.00. The van der Waals surface area contributed by atoms with E-state index in [9.17, 15) is 19.8 Å². The van der Waals surface area contributed by atoms with Crippen LogP contribution in [-0.2, 0) is 9.59 Å². The average Bonchev–Trinajstić information content (AvgIpc) is 3.08. The quantitative estimate of drug-likeness (QED) is 0.296. The maximum atomic E-state index is 13.2. The summed E-state index contributed by atoms with van der Waals surface area (Å²) in [5, 5.41) is 21.1. The lowest BCUT2D eigenvalue weighted by molar-refractivity contribution is -0.132. The predicted molar refractivity (Wildman–Crippen MR) is 131 cm³/mol. The molecule has 1 amide bonds. The number of Topliss-reactive ketones (excluding diaryl/α,β-unsaturated/α-hetero) is 1. The predicted octanol–water partition coefficient (Wildman–Crippen LogP) is 5.36. The third-order valence-corrected chi connectivity index (χ3v) is 5.62. The molecule has 0 spiro atoms. The van der Waals surface area contributed by atoms with Crippen LogP contribution in [-0.4, -0.2) is 28.5 Å². The molecule has 0 radical (unpaired) electrons. The lowest BCUT2D eigenvalue weighted by Gasteiger charge is -2.25. The number of aliphatic hydroxyl groups is 1. The SMILES string of the molecule is Cc1cccc(N2C(=O)C(=O)/C(=C(/O)c3cccc(OCC(C)C)c3)C2c2ccc(O)cc2)c1. The van der Waals surface area contributed by atoms with E-state index >= 15 is 0 Å². The van der Waals surface area contributed by atoms with Crippen molar-refractivity contribution in [3.63, 3.8) is 0 Å². The lowest BCUT2D eigenvalue weighted by atomic mass is 9.95. The maximum Gasteiger partial charge on any atom is 0.300 e. The first-order valence-corrected chi connectivity index (χ1v) is 11.2. The van der Waals surface area contributed by atoms with Crippen LogP contribution in [0.2, 0.25) is 0 Å². The Balaban J connectivity index is 1.86. The Morgan fingerprint density at radius 2 is 1.71 bits per heavy atom. The van der Waals surface area contributed by atoms with Crippen molar-refractivity contribution in [1.29, 1.82) is 0 Å². The van der Waals surface area contributed by atoms with Gasteiger partial charge < -0.3 is 14.9 Å². The van der Waals surface area contributed by atoms with Gasteiger partial charge in [-0.05, 0) is 60.4 Å². The first-order chi connectivity index (χ1) is 16.3. The molecule has 1 aliphatic heterocycles. The zero-order valence-electron chi connectivity index (χ0n) is 19.4. The van der Waals surface area contributed by atoms with Crippen LogP contribution in [0.15, 0.2) is 78.4 Å². The second-order valence-corrected chi connectivity index (χ2v) is 8.83. The first-order valence-electron chi connectivity index (χ1n) is 11.2. The van der Waals surface area contributed by atoms with E-state index in [0.717, 1.165) is 5.56 Å². The van der Waals surface area contributed by atoms with Crippen molar-refractivity contribution in [3.05, 3.63) is 95.1 Å². The first kappa shape index (κ1) is 23.1. The van der Waals surface area contributed by atoms with Crippen LogP contribution in [0.5, 0.6) is 11.5 Å². The highest BCUT2D eigenvalue weighted by atomic mass is 16.5. The summed E-state index contributed by atoms with van der Waals surface area (Å²) >= 11 is 0. The number of benzene rings is 3. The van der Waals surface area contributed by atoms with E-state index in [0.29, 0.717) is 35.1 Å². The summed E-state index contributed by atoms with van der Waals surface area (Å²) < 4.78 is 5.77. The molecular formula is C28H27NO5. The van der Waals surface area contributed by atoms with Crippen molar-refractivity contribution in [2.45, 2.75) is 26.8 Å². The summed E-state index contributed by atoms with van der Waals surface area (Å²) in [4.78, 5) is 27.9. The number of nitrogens with zero attached hydrogens (tertiary/aromatic N) is 1. The molecule has 4 rings (SSSR count). The second kappa shape index (κ2) is 9.43. The highest BCUT2D eigenvalue weighted by molar-refractivity contribution is 6.51. The zero-order valence-corrected chi connectivity index (χ0v) is 19.4. The van der Waals surface area contributed by atoms with Crippen LogP contribution in [0.1, 0.15) is 36.6 Å². The lowest BCUT2D eigenvalue weighted by Crippen LogP contribution is -2.29. The van der Waals surface area contributed by atoms with Gasteiger partial charge in [-0.3, -0.25) is 14.5 Å². The van der Waals surface area contributed by atoms with E-state index < -0.39 is 17.7 Å². The molecular weight excluding hydrogens is 430 g/mol. The largest absolute Gasteiger partial charge is 0.508 e. The number of hydrogen-bond donors (Lipinski definition) is 2. The zero-order chi connectivity index (χ0) is 24.4. The molecule has 2 N–H and O–H groups in total. The number of carbonyl (C=O) groups is 2. The number of amides is 1. The van der Waals surface area contributed by atoms with Gasteiger partial charge in [-0.15, -0.1) is 0 Å². The van der Waals surface area contributed by atoms with Crippen LogP contribution < -0.4 is 9.64 Å². The molecule has 1 unspecified atom stereocenters. The maximum absolute atomic E-state index is 13.2. The summed E-state index contributed by atoms with van der Waals surface area (Å²) in [5.41, 5.74) is 2.44. The minimum absolute atomic E-state index is 0.0156. The number of rotatable bonds is 6. The number of phenols is 1. The van der Waals surface area contributed by atoms with E-state index in [2.05, 4.69) is 0 Å². The van der Waals surface area contributed by atoms with Gasteiger partial charge in [-0.25, -0.2) is 0 Å². The number of phenolic OH excluding ortho intramolecular Hbond substituents is 1. The number of hydrogen-bond acceptors (Lipinski definition) is 5. The normalized spacial score (nSPS) is 17.4. The molecule has 3 aromatic carbocycles. The van der Waals surface area contributed by atoms with Crippen molar-refractivity contribution in [2.75, 3.05) is 11.5 Å². The molecule has 0 bridgehead atoms. The van der Waals surface area contributed by atoms with Gasteiger partial charge in [0.2, 0.25) is 0 Å². The number of anilines is 1. The number of carbonyl (C=O) groups excluding carboxylic acids is 2. The van der Waals surface area contributed by atoms with Crippen molar-refractivity contribution in [2.24, 2.45) is 5.92 Å². The summed E-state index contributed by atoms with van der Waals surface area (Å²) in [6.07, 6.45) is 0. The third kappa shape index (κ3) is 4.53. The van der Waals surface area contributed by atoms with E-state index in [1.165, 1.54) is 17.0 Å². The monoisotopic (exact) mass is 457 g/mol. The summed E-state index contributed by atoms with van der Waals surface area (Å²) in [6, 6.07) is 19.5. The molecule has 1 fully saturated rings. The van der Waals surface area contributed by atoms with Crippen LogP contribution in [0.4, 0.5) is 5.69 Å². The van der Waals surface area contributed by atoms with Gasteiger partial charge in [-0.1, -0.05) is 50.2 Å². The minimum Gasteiger partial charge on any atom is -0.508 e. The van der Waals surface area contributed by atoms with Gasteiger partial charge in [0.25, 0.3) is 11.7 Å². The Labute approximate surface area is 198 Å². The fourth-order valence-corrected chi connectivity index (χ4v) is 4.00. The minimum atomic E-state index is -0.859. The van der Waals surface area contributed by atoms with Crippen LogP contribution in [0, 0.1) is 12.8 Å². The molecule has 34 heavy (non-hydrogen) atoms. The van der Waals surface area contributed by atoms with Gasteiger partial charge in [0.15, 0.2) is 0 Å². The fraction of sp³-hybridized carbons (Fsp3) is 0.214. The number of aromatic hydroxyl groups is 1. The molecule has 1 aliphatic rings.